The van der Waals surface area contributed by atoms with Gasteiger partial charge in [-0.2, -0.15) is 0 Å². The van der Waals surface area contributed by atoms with E-state index in [1.807, 2.05) is 12.1 Å². The van der Waals surface area contributed by atoms with E-state index in [0.29, 0.717) is 11.4 Å². The minimum Gasteiger partial charge on any atom is -0.465 e. The van der Waals surface area contributed by atoms with Crippen LogP contribution in [0.3, 0.4) is 0 Å². The van der Waals surface area contributed by atoms with Gasteiger partial charge in [-0.15, -0.1) is 0 Å². The van der Waals surface area contributed by atoms with Gasteiger partial charge >= 0.3 is 5.97 Å². The standard InChI is InChI=1S/C17H20N4O2/c1-23-17(22)13-6-5-7-14(10-13)20-15-11-16(19-12-18-15)21-8-3-2-4-9-21/h5-7,10-12H,2-4,8-9H2,1H3,(H,18,19,20). The van der Waals surface area contributed by atoms with E-state index in [0.717, 1.165) is 24.6 Å². The smallest absolute Gasteiger partial charge is 0.337 e. The van der Waals surface area contributed by atoms with E-state index in [9.17, 15) is 4.79 Å². The molecule has 0 atom stereocenters. The topological polar surface area (TPSA) is 67.3 Å². The molecule has 120 valence electrons. The van der Waals surface area contributed by atoms with Gasteiger partial charge in [-0.3, -0.25) is 0 Å². The minimum atomic E-state index is -0.356. The summed E-state index contributed by atoms with van der Waals surface area (Å²) >= 11 is 0. The lowest BCUT2D eigenvalue weighted by atomic mass is 10.1. The van der Waals surface area contributed by atoms with Crippen LogP contribution in [0.15, 0.2) is 36.7 Å². The number of carbonyl (C=O) groups excluding carboxylic acids is 1. The number of hydrogen-bond acceptors (Lipinski definition) is 6. The molecule has 3 rings (SSSR count). The van der Waals surface area contributed by atoms with Crippen molar-refractivity contribution in [3.8, 4) is 0 Å². The van der Waals surface area contributed by atoms with Crippen LogP contribution in [-0.2, 0) is 4.74 Å². The van der Waals surface area contributed by atoms with Crippen molar-refractivity contribution in [3.63, 3.8) is 0 Å². The number of ether oxygens (including phenoxy) is 1. The first-order valence-corrected chi connectivity index (χ1v) is 7.78. The molecule has 1 aromatic heterocycles. The molecule has 6 heteroatoms. The zero-order valence-electron chi connectivity index (χ0n) is 13.2. The lowest BCUT2D eigenvalue weighted by Crippen LogP contribution is -2.30. The second-order valence-corrected chi connectivity index (χ2v) is 5.51. The summed E-state index contributed by atoms with van der Waals surface area (Å²) in [5.74, 6) is 1.29. The van der Waals surface area contributed by atoms with Gasteiger partial charge < -0.3 is 15.0 Å². The van der Waals surface area contributed by atoms with E-state index in [2.05, 4.69) is 20.2 Å². The van der Waals surface area contributed by atoms with Gasteiger partial charge in [-0.05, 0) is 37.5 Å². The van der Waals surface area contributed by atoms with Gasteiger partial charge in [0.1, 0.15) is 18.0 Å². The van der Waals surface area contributed by atoms with Gasteiger partial charge in [0.25, 0.3) is 0 Å². The Balaban J connectivity index is 1.76. The number of rotatable bonds is 4. The molecule has 0 radical (unpaired) electrons. The molecular formula is C17H20N4O2. The van der Waals surface area contributed by atoms with E-state index in [4.69, 9.17) is 4.74 Å². The zero-order chi connectivity index (χ0) is 16.1. The van der Waals surface area contributed by atoms with Crippen molar-refractivity contribution in [2.45, 2.75) is 19.3 Å². The maximum atomic E-state index is 11.6. The first kappa shape index (κ1) is 15.3. The van der Waals surface area contributed by atoms with Gasteiger partial charge in [0.15, 0.2) is 0 Å². The number of aromatic nitrogens is 2. The summed E-state index contributed by atoms with van der Waals surface area (Å²) in [5, 5.41) is 3.22. The van der Waals surface area contributed by atoms with Gasteiger partial charge in [-0.25, -0.2) is 14.8 Å². The Kier molecular flexibility index (Phi) is 4.71. The maximum Gasteiger partial charge on any atom is 0.337 e. The first-order chi connectivity index (χ1) is 11.3. The van der Waals surface area contributed by atoms with Crippen molar-refractivity contribution in [3.05, 3.63) is 42.2 Å². The lowest BCUT2D eigenvalue weighted by Gasteiger charge is -2.27. The quantitative estimate of drug-likeness (QED) is 0.875. The van der Waals surface area contributed by atoms with Gasteiger partial charge in [0, 0.05) is 24.8 Å². The third kappa shape index (κ3) is 3.77. The fourth-order valence-electron chi connectivity index (χ4n) is 2.70. The summed E-state index contributed by atoms with van der Waals surface area (Å²) in [4.78, 5) is 22.5. The number of anilines is 3. The normalized spacial score (nSPS) is 14.4. The molecule has 2 heterocycles. The van der Waals surface area contributed by atoms with Crippen LogP contribution in [0.4, 0.5) is 17.3 Å². The fraction of sp³-hybridized carbons (Fsp3) is 0.353. The van der Waals surface area contributed by atoms with Crippen molar-refractivity contribution in [2.24, 2.45) is 0 Å². The minimum absolute atomic E-state index is 0.356. The molecule has 1 aliphatic rings. The van der Waals surface area contributed by atoms with Crippen LogP contribution in [-0.4, -0.2) is 36.1 Å². The van der Waals surface area contributed by atoms with E-state index >= 15 is 0 Å². The Morgan fingerprint density at radius 3 is 2.78 bits per heavy atom. The molecule has 1 saturated heterocycles. The molecule has 0 unspecified atom stereocenters. The number of piperidine rings is 1. The van der Waals surface area contributed by atoms with Gasteiger partial charge in [0.05, 0.1) is 12.7 Å². The predicted molar refractivity (Wildman–Crippen MR) is 89.2 cm³/mol. The van der Waals surface area contributed by atoms with E-state index < -0.39 is 0 Å². The summed E-state index contributed by atoms with van der Waals surface area (Å²) in [6, 6.07) is 9.09. The van der Waals surface area contributed by atoms with E-state index in [-0.39, 0.29) is 5.97 Å². The molecule has 1 N–H and O–H groups in total. The SMILES string of the molecule is COC(=O)c1cccc(Nc2cc(N3CCCCC3)ncn2)c1. The number of nitrogens with zero attached hydrogens (tertiary/aromatic N) is 3. The van der Waals surface area contributed by atoms with Crippen LogP contribution in [0.25, 0.3) is 0 Å². The Labute approximate surface area is 135 Å². The van der Waals surface area contributed by atoms with E-state index in [1.165, 1.54) is 26.4 Å². The van der Waals surface area contributed by atoms with Crippen LogP contribution >= 0.6 is 0 Å². The number of carbonyl (C=O) groups is 1. The second-order valence-electron chi connectivity index (χ2n) is 5.51. The average Bonchev–Trinajstić information content (AvgIpc) is 2.62. The summed E-state index contributed by atoms with van der Waals surface area (Å²) in [5.41, 5.74) is 1.29. The van der Waals surface area contributed by atoms with Gasteiger partial charge in [-0.1, -0.05) is 6.07 Å². The highest BCUT2D eigenvalue weighted by atomic mass is 16.5. The predicted octanol–water partition coefficient (Wildman–Crippen LogP) is 3.00. The van der Waals surface area contributed by atoms with Crippen molar-refractivity contribution >= 4 is 23.3 Å². The third-order valence-electron chi connectivity index (χ3n) is 3.89. The molecule has 0 amide bonds. The molecule has 0 bridgehead atoms. The first-order valence-electron chi connectivity index (χ1n) is 7.78. The van der Waals surface area contributed by atoms with Crippen molar-refractivity contribution in [1.82, 2.24) is 9.97 Å². The Hall–Kier alpha value is -2.63. The molecule has 6 nitrogen and oxygen atoms in total. The van der Waals surface area contributed by atoms with Gasteiger partial charge in [0.2, 0.25) is 0 Å². The third-order valence-corrected chi connectivity index (χ3v) is 3.89. The lowest BCUT2D eigenvalue weighted by molar-refractivity contribution is 0.0601. The highest BCUT2D eigenvalue weighted by Gasteiger charge is 2.13. The Morgan fingerprint density at radius 2 is 2.00 bits per heavy atom. The van der Waals surface area contributed by atoms with Crippen LogP contribution in [0.5, 0.6) is 0 Å². The second kappa shape index (κ2) is 7.09. The molecule has 0 saturated carbocycles. The number of benzene rings is 1. The van der Waals surface area contributed by atoms with Crippen molar-refractivity contribution in [1.29, 1.82) is 0 Å². The summed E-state index contributed by atoms with van der Waals surface area (Å²) in [6.45, 7) is 2.07. The summed E-state index contributed by atoms with van der Waals surface area (Å²) in [7, 11) is 1.37. The Morgan fingerprint density at radius 1 is 1.17 bits per heavy atom. The van der Waals surface area contributed by atoms with Crippen LogP contribution < -0.4 is 10.2 Å². The molecule has 1 fully saturated rings. The van der Waals surface area contributed by atoms with Crippen molar-refractivity contribution < 1.29 is 9.53 Å². The average molecular weight is 312 g/mol. The number of hydrogen-bond donors (Lipinski definition) is 1. The molecule has 23 heavy (non-hydrogen) atoms. The highest BCUT2D eigenvalue weighted by molar-refractivity contribution is 5.90. The molecule has 0 aliphatic carbocycles. The molecule has 2 aromatic rings. The summed E-state index contributed by atoms with van der Waals surface area (Å²) < 4.78 is 4.74. The highest BCUT2D eigenvalue weighted by Crippen LogP contribution is 2.22. The number of esters is 1. The maximum absolute atomic E-state index is 11.6. The number of methoxy groups -OCH3 is 1. The van der Waals surface area contributed by atoms with Crippen LogP contribution in [0.1, 0.15) is 29.6 Å². The monoisotopic (exact) mass is 312 g/mol. The molecule has 1 aliphatic heterocycles. The fourth-order valence-corrected chi connectivity index (χ4v) is 2.70. The molecule has 1 aromatic carbocycles. The van der Waals surface area contributed by atoms with Crippen molar-refractivity contribution in [2.75, 3.05) is 30.4 Å². The largest absolute Gasteiger partial charge is 0.465 e. The molecule has 0 spiro atoms. The number of nitrogens with one attached hydrogen (secondary N) is 1. The molecular weight excluding hydrogens is 292 g/mol. The van der Waals surface area contributed by atoms with Crippen LogP contribution in [0.2, 0.25) is 0 Å². The zero-order valence-corrected chi connectivity index (χ0v) is 13.2. The summed E-state index contributed by atoms with van der Waals surface area (Å²) in [6.07, 6.45) is 5.26. The Bertz CT molecular complexity index is 684. The van der Waals surface area contributed by atoms with E-state index in [1.54, 1.807) is 24.5 Å². The van der Waals surface area contributed by atoms with Crippen LogP contribution in [0, 0.1) is 0 Å².